The molecule has 1 amide bonds. The number of carboxylic acids is 1. The van der Waals surface area contributed by atoms with Crippen molar-refractivity contribution >= 4 is 17.6 Å². The summed E-state index contributed by atoms with van der Waals surface area (Å²) in [5.41, 5.74) is -0.685. The van der Waals surface area contributed by atoms with Gasteiger partial charge in [-0.05, 0) is 24.3 Å². The van der Waals surface area contributed by atoms with E-state index in [1.54, 1.807) is 0 Å². The summed E-state index contributed by atoms with van der Waals surface area (Å²) in [6, 6.07) is 5.06. The van der Waals surface area contributed by atoms with Crippen LogP contribution in [0.3, 0.4) is 0 Å². The van der Waals surface area contributed by atoms with Crippen LogP contribution in [0.5, 0.6) is 0 Å². The van der Waals surface area contributed by atoms with Crippen LogP contribution in [0.25, 0.3) is 0 Å². The Hall–Kier alpha value is -2.83. The number of halogens is 2. The van der Waals surface area contributed by atoms with Crippen molar-refractivity contribution in [3.63, 3.8) is 0 Å². The van der Waals surface area contributed by atoms with Gasteiger partial charge in [0.1, 0.15) is 11.6 Å². The van der Waals surface area contributed by atoms with Crippen LogP contribution in [-0.4, -0.2) is 22.0 Å². The minimum Gasteiger partial charge on any atom is -0.476 e. The molecule has 1 aromatic carbocycles. The molecular weight excluding hydrogens is 270 g/mol. The van der Waals surface area contributed by atoms with Crippen LogP contribution in [0, 0.1) is 11.6 Å². The Bertz CT molecular complexity index is 669. The first-order valence-corrected chi connectivity index (χ1v) is 5.43. The van der Waals surface area contributed by atoms with E-state index in [9.17, 15) is 18.4 Å². The Morgan fingerprint density at radius 3 is 2.40 bits per heavy atom. The molecule has 1 aromatic heterocycles. The zero-order chi connectivity index (χ0) is 14.7. The van der Waals surface area contributed by atoms with Gasteiger partial charge in [0.2, 0.25) is 0 Å². The SMILES string of the molecule is O=C(Nc1cccnc1C(=O)O)c1cc(F)cc(F)c1. The number of rotatable bonds is 3. The molecule has 1 heterocycles. The number of amides is 1. The number of carbonyl (C=O) groups is 2. The lowest BCUT2D eigenvalue weighted by Crippen LogP contribution is -2.16. The van der Waals surface area contributed by atoms with Crippen molar-refractivity contribution in [3.8, 4) is 0 Å². The van der Waals surface area contributed by atoms with Crippen LogP contribution in [0.15, 0.2) is 36.5 Å². The number of nitrogens with one attached hydrogen (secondary N) is 1. The highest BCUT2D eigenvalue weighted by Gasteiger charge is 2.15. The van der Waals surface area contributed by atoms with Crippen LogP contribution < -0.4 is 5.32 Å². The predicted octanol–water partition coefficient (Wildman–Crippen LogP) is 2.31. The molecule has 0 unspecified atom stereocenters. The first-order chi connectivity index (χ1) is 9.47. The lowest BCUT2D eigenvalue weighted by molar-refractivity contribution is 0.0691. The normalized spacial score (nSPS) is 10.1. The molecule has 2 aromatic rings. The van der Waals surface area contributed by atoms with Gasteiger partial charge in [0.15, 0.2) is 5.69 Å². The monoisotopic (exact) mass is 278 g/mol. The second-order valence-corrected chi connectivity index (χ2v) is 3.82. The number of anilines is 1. The number of hydrogen-bond donors (Lipinski definition) is 2. The van der Waals surface area contributed by atoms with Gasteiger partial charge in [-0.1, -0.05) is 0 Å². The molecule has 5 nitrogen and oxygen atoms in total. The largest absolute Gasteiger partial charge is 0.476 e. The molecular formula is C13H8F2N2O3. The van der Waals surface area contributed by atoms with Gasteiger partial charge in [-0.3, -0.25) is 4.79 Å². The van der Waals surface area contributed by atoms with Gasteiger partial charge in [-0.25, -0.2) is 18.6 Å². The number of nitrogens with zero attached hydrogens (tertiary/aromatic N) is 1. The number of aromatic carboxylic acids is 1. The molecule has 7 heteroatoms. The fourth-order valence-electron chi connectivity index (χ4n) is 1.56. The van der Waals surface area contributed by atoms with Gasteiger partial charge in [0, 0.05) is 17.8 Å². The highest BCUT2D eigenvalue weighted by atomic mass is 19.1. The fraction of sp³-hybridized carbons (Fsp3) is 0. The Morgan fingerprint density at radius 2 is 1.80 bits per heavy atom. The second kappa shape index (κ2) is 5.43. The van der Waals surface area contributed by atoms with E-state index < -0.39 is 23.5 Å². The summed E-state index contributed by atoms with van der Waals surface area (Å²) in [5, 5.41) is 11.2. The van der Waals surface area contributed by atoms with Crippen LogP contribution in [0.1, 0.15) is 20.8 Å². The molecule has 0 saturated carbocycles. The van der Waals surface area contributed by atoms with E-state index >= 15 is 0 Å². The van der Waals surface area contributed by atoms with Crippen molar-refractivity contribution in [3.05, 3.63) is 59.4 Å². The zero-order valence-electron chi connectivity index (χ0n) is 9.93. The molecule has 20 heavy (non-hydrogen) atoms. The summed E-state index contributed by atoms with van der Waals surface area (Å²) in [6.45, 7) is 0. The molecule has 0 aliphatic rings. The smallest absolute Gasteiger partial charge is 0.356 e. The third kappa shape index (κ3) is 2.94. The number of pyridine rings is 1. The third-order valence-electron chi connectivity index (χ3n) is 2.38. The minimum absolute atomic E-state index is 0.0605. The Labute approximate surface area is 111 Å². The average Bonchev–Trinajstić information content (AvgIpc) is 2.37. The maximum absolute atomic E-state index is 13.0. The van der Waals surface area contributed by atoms with Crippen LogP contribution in [-0.2, 0) is 0 Å². The third-order valence-corrected chi connectivity index (χ3v) is 2.38. The van der Waals surface area contributed by atoms with Gasteiger partial charge in [-0.2, -0.15) is 0 Å². The van der Waals surface area contributed by atoms with Crippen LogP contribution in [0.2, 0.25) is 0 Å². The molecule has 2 N–H and O–H groups in total. The quantitative estimate of drug-likeness (QED) is 0.903. The lowest BCUT2D eigenvalue weighted by Gasteiger charge is -2.07. The zero-order valence-corrected chi connectivity index (χ0v) is 9.93. The summed E-state index contributed by atoms with van der Waals surface area (Å²) in [7, 11) is 0. The summed E-state index contributed by atoms with van der Waals surface area (Å²) in [4.78, 5) is 26.3. The number of aromatic nitrogens is 1. The summed E-state index contributed by atoms with van der Waals surface area (Å²) in [6.07, 6.45) is 1.25. The van der Waals surface area contributed by atoms with E-state index in [0.29, 0.717) is 6.07 Å². The van der Waals surface area contributed by atoms with E-state index in [1.807, 2.05) is 0 Å². The topological polar surface area (TPSA) is 79.3 Å². The summed E-state index contributed by atoms with van der Waals surface area (Å²) >= 11 is 0. The molecule has 0 atom stereocenters. The van der Waals surface area contributed by atoms with E-state index in [2.05, 4.69) is 10.3 Å². The van der Waals surface area contributed by atoms with E-state index in [0.717, 1.165) is 12.1 Å². The highest BCUT2D eigenvalue weighted by Crippen LogP contribution is 2.15. The van der Waals surface area contributed by atoms with Gasteiger partial charge in [0.05, 0.1) is 5.69 Å². The molecule has 0 bridgehead atoms. The van der Waals surface area contributed by atoms with Gasteiger partial charge in [0.25, 0.3) is 5.91 Å². The molecule has 0 aliphatic heterocycles. The molecule has 0 fully saturated rings. The van der Waals surface area contributed by atoms with Crippen molar-refractivity contribution in [2.75, 3.05) is 5.32 Å². The lowest BCUT2D eigenvalue weighted by atomic mass is 10.2. The Morgan fingerprint density at radius 1 is 1.15 bits per heavy atom. The standard InChI is InChI=1S/C13H8F2N2O3/c14-8-4-7(5-9(15)6-8)12(18)17-10-2-1-3-16-11(10)13(19)20/h1-6H,(H,17,18)(H,19,20). The van der Waals surface area contributed by atoms with E-state index in [1.165, 1.54) is 18.3 Å². The number of carbonyl (C=O) groups excluding carboxylic acids is 1. The Balaban J connectivity index is 2.30. The van der Waals surface area contributed by atoms with Crippen molar-refractivity contribution in [1.82, 2.24) is 4.98 Å². The molecule has 0 aliphatic carbocycles. The van der Waals surface area contributed by atoms with Crippen molar-refractivity contribution in [2.24, 2.45) is 0 Å². The van der Waals surface area contributed by atoms with Gasteiger partial charge < -0.3 is 10.4 Å². The predicted molar refractivity (Wildman–Crippen MR) is 65.5 cm³/mol. The molecule has 0 radical (unpaired) electrons. The van der Waals surface area contributed by atoms with E-state index in [4.69, 9.17) is 5.11 Å². The maximum atomic E-state index is 13.0. The summed E-state index contributed by atoms with van der Waals surface area (Å²) < 4.78 is 26.0. The van der Waals surface area contributed by atoms with Gasteiger partial charge in [-0.15, -0.1) is 0 Å². The van der Waals surface area contributed by atoms with Gasteiger partial charge >= 0.3 is 5.97 Å². The Kier molecular flexibility index (Phi) is 3.69. The fourth-order valence-corrected chi connectivity index (χ4v) is 1.56. The first kappa shape index (κ1) is 13.6. The van der Waals surface area contributed by atoms with Crippen LogP contribution in [0.4, 0.5) is 14.5 Å². The van der Waals surface area contributed by atoms with E-state index in [-0.39, 0.29) is 16.9 Å². The molecule has 0 saturated heterocycles. The van der Waals surface area contributed by atoms with Crippen molar-refractivity contribution in [1.29, 1.82) is 0 Å². The second-order valence-electron chi connectivity index (χ2n) is 3.82. The van der Waals surface area contributed by atoms with Crippen molar-refractivity contribution in [2.45, 2.75) is 0 Å². The minimum atomic E-state index is -1.33. The average molecular weight is 278 g/mol. The number of hydrogen-bond acceptors (Lipinski definition) is 3. The molecule has 102 valence electrons. The van der Waals surface area contributed by atoms with Crippen LogP contribution >= 0.6 is 0 Å². The molecule has 2 rings (SSSR count). The first-order valence-electron chi connectivity index (χ1n) is 5.43. The maximum Gasteiger partial charge on any atom is 0.356 e. The molecule has 0 spiro atoms. The van der Waals surface area contributed by atoms with Crippen molar-refractivity contribution < 1.29 is 23.5 Å². The number of benzene rings is 1. The number of carboxylic acid groups (broad SMARTS) is 1. The highest BCUT2D eigenvalue weighted by molar-refractivity contribution is 6.07. The summed E-state index contributed by atoms with van der Waals surface area (Å²) in [5.74, 6) is -3.97.